The van der Waals surface area contributed by atoms with E-state index in [2.05, 4.69) is 30.4 Å². The Hall–Kier alpha value is -1.95. The van der Waals surface area contributed by atoms with Gasteiger partial charge in [-0.25, -0.2) is 0 Å². The topological polar surface area (TPSA) is 69.7 Å². The van der Waals surface area contributed by atoms with E-state index in [9.17, 15) is 0 Å². The lowest BCUT2D eigenvalue weighted by Gasteiger charge is -2.31. The van der Waals surface area contributed by atoms with Crippen LogP contribution in [-0.4, -0.2) is 46.8 Å². The highest BCUT2D eigenvalue weighted by Crippen LogP contribution is 2.21. The number of piperidine rings is 1. The second kappa shape index (κ2) is 6.00. The first-order valence-corrected chi connectivity index (χ1v) is 7.10. The molecule has 2 aromatic rings. The van der Waals surface area contributed by atoms with Crippen LogP contribution in [0.1, 0.15) is 12.8 Å². The second-order valence-electron chi connectivity index (χ2n) is 5.21. The fourth-order valence-corrected chi connectivity index (χ4v) is 2.71. The molecule has 3 rings (SSSR count). The molecule has 0 radical (unpaired) electrons. The normalized spacial score (nSPS) is 19.2. The van der Waals surface area contributed by atoms with Crippen LogP contribution in [0, 0.1) is 5.92 Å². The minimum atomic E-state index is 0.672. The number of anilines is 1. The quantitative estimate of drug-likeness (QED) is 0.878. The molecular weight excluding hydrogens is 252 g/mol. The molecule has 0 spiro atoms. The Kier molecular flexibility index (Phi) is 3.92. The Morgan fingerprint density at radius 1 is 1.45 bits per heavy atom. The van der Waals surface area contributed by atoms with Crippen LogP contribution in [0.25, 0.3) is 11.5 Å². The van der Waals surface area contributed by atoms with Crippen LogP contribution >= 0.6 is 0 Å². The third-order valence-corrected chi connectivity index (χ3v) is 3.68. The smallest absolute Gasteiger partial charge is 0.245 e. The molecule has 20 heavy (non-hydrogen) atoms. The summed E-state index contributed by atoms with van der Waals surface area (Å²) in [6.45, 7) is 3.09. The number of H-pyrrole nitrogens is 1. The number of aromatic amines is 1. The van der Waals surface area contributed by atoms with Gasteiger partial charge in [0.15, 0.2) is 5.82 Å². The number of aromatic nitrogens is 4. The molecule has 2 N–H and O–H groups in total. The van der Waals surface area contributed by atoms with Crippen molar-refractivity contribution in [2.45, 2.75) is 12.8 Å². The molecule has 1 saturated heterocycles. The van der Waals surface area contributed by atoms with Gasteiger partial charge in [-0.1, -0.05) is 6.07 Å². The molecule has 1 aliphatic rings. The van der Waals surface area contributed by atoms with Gasteiger partial charge in [-0.15, -0.1) is 5.10 Å². The fraction of sp³-hybridized carbons (Fsp3) is 0.500. The second-order valence-corrected chi connectivity index (χ2v) is 5.21. The van der Waals surface area contributed by atoms with Crippen molar-refractivity contribution in [3.05, 3.63) is 24.4 Å². The van der Waals surface area contributed by atoms with Crippen molar-refractivity contribution in [2.24, 2.45) is 5.92 Å². The van der Waals surface area contributed by atoms with Crippen molar-refractivity contribution in [3.63, 3.8) is 0 Å². The van der Waals surface area contributed by atoms with Gasteiger partial charge in [0.2, 0.25) is 5.95 Å². The Morgan fingerprint density at radius 3 is 3.20 bits per heavy atom. The van der Waals surface area contributed by atoms with Gasteiger partial charge in [0.05, 0.1) is 0 Å². The van der Waals surface area contributed by atoms with Gasteiger partial charge < -0.3 is 10.2 Å². The molecule has 2 aromatic heterocycles. The van der Waals surface area contributed by atoms with Crippen molar-refractivity contribution in [1.29, 1.82) is 0 Å². The number of rotatable bonds is 4. The zero-order valence-electron chi connectivity index (χ0n) is 11.7. The summed E-state index contributed by atoms with van der Waals surface area (Å²) in [7, 11) is 2.00. The highest BCUT2D eigenvalue weighted by atomic mass is 15.4. The predicted octanol–water partition coefficient (Wildman–Crippen LogP) is 1.30. The van der Waals surface area contributed by atoms with Gasteiger partial charge in [0, 0.05) is 19.3 Å². The molecule has 6 heteroatoms. The summed E-state index contributed by atoms with van der Waals surface area (Å²) in [6, 6.07) is 5.78. The molecule has 3 heterocycles. The third-order valence-electron chi connectivity index (χ3n) is 3.68. The highest BCUT2D eigenvalue weighted by molar-refractivity contribution is 5.50. The molecule has 0 aromatic carbocycles. The van der Waals surface area contributed by atoms with E-state index >= 15 is 0 Å². The lowest BCUT2D eigenvalue weighted by atomic mass is 9.98. The first-order chi connectivity index (χ1) is 9.86. The SMILES string of the molecule is CNCC1CCCN(c2n[nH]c(-c3ccccn3)n2)C1. The van der Waals surface area contributed by atoms with Crippen molar-refractivity contribution < 1.29 is 0 Å². The average Bonchev–Trinajstić information content (AvgIpc) is 2.99. The molecular formula is C14H20N6. The average molecular weight is 272 g/mol. The van der Waals surface area contributed by atoms with Crippen LogP contribution in [-0.2, 0) is 0 Å². The maximum absolute atomic E-state index is 4.58. The number of nitrogens with zero attached hydrogens (tertiary/aromatic N) is 4. The van der Waals surface area contributed by atoms with Crippen LogP contribution in [0.3, 0.4) is 0 Å². The van der Waals surface area contributed by atoms with E-state index in [4.69, 9.17) is 0 Å². The van der Waals surface area contributed by atoms with Gasteiger partial charge in [-0.3, -0.25) is 10.1 Å². The molecule has 0 amide bonds. The Balaban J connectivity index is 1.73. The third kappa shape index (κ3) is 2.80. The predicted molar refractivity (Wildman–Crippen MR) is 78.5 cm³/mol. The number of hydrogen-bond acceptors (Lipinski definition) is 5. The van der Waals surface area contributed by atoms with Crippen LogP contribution in [0.15, 0.2) is 24.4 Å². The van der Waals surface area contributed by atoms with Crippen molar-refractivity contribution >= 4 is 5.95 Å². The largest absolute Gasteiger partial charge is 0.339 e. The van der Waals surface area contributed by atoms with Crippen LogP contribution in [0.5, 0.6) is 0 Å². The van der Waals surface area contributed by atoms with Crippen molar-refractivity contribution in [1.82, 2.24) is 25.5 Å². The standard InChI is InChI=1S/C14H20N6/c1-15-9-11-5-4-8-20(10-11)14-17-13(18-19-14)12-6-2-3-7-16-12/h2-3,6-7,11,15H,4-5,8-10H2,1H3,(H,17,18,19). The summed E-state index contributed by atoms with van der Waals surface area (Å²) in [5.74, 6) is 2.19. The van der Waals surface area contributed by atoms with Crippen LogP contribution in [0.2, 0.25) is 0 Å². The molecule has 0 aliphatic carbocycles. The number of nitrogens with one attached hydrogen (secondary N) is 2. The highest BCUT2D eigenvalue weighted by Gasteiger charge is 2.22. The first kappa shape index (κ1) is 13.1. The monoisotopic (exact) mass is 272 g/mol. The van der Waals surface area contributed by atoms with E-state index < -0.39 is 0 Å². The Morgan fingerprint density at radius 2 is 2.40 bits per heavy atom. The molecule has 0 saturated carbocycles. The Labute approximate surface area is 118 Å². The van der Waals surface area contributed by atoms with E-state index in [-0.39, 0.29) is 0 Å². The molecule has 1 unspecified atom stereocenters. The van der Waals surface area contributed by atoms with Crippen LogP contribution < -0.4 is 10.2 Å². The van der Waals surface area contributed by atoms with E-state index in [0.717, 1.165) is 37.1 Å². The lowest BCUT2D eigenvalue weighted by molar-refractivity contribution is 0.399. The number of pyridine rings is 1. The van der Waals surface area contributed by atoms with Gasteiger partial charge in [0.1, 0.15) is 5.69 Å². The maximum Gasteiger partial charge on any atom is 0.245 e. The first-order valence-electron chi connectivity index (χ1n) is 7.10. The fourth-order valence-electron chi connectivity index (χ4n) is 2.71. The molecule has 6 nitrogen and oxygen atoms in total. The van der Waals surface area contributed by atoms with E-state index in [1.807, 2.05) is 25.2 Å². The van der Waals surface area contributed by atoms with E-state index in [1.54, 1.807) is 6.20 Å². The van der Waals surface area contributed by atoms with Gasteiger partial charge in [-0.2, -0.15) is 4.98 Å². The zero-order valence-corrected chi connectivity index (χ0v) is 11.7. The Bertz CT molecular complexity index is 536. The molecule has 1 fully saturated rings. The summed E-state index contributed by atoms with van der Waals surface area (Å²) >= 11 is 0. The maximum atomic E-state index is 4.58. The summed E-state index contributed by atoms with van der Waals surface area (Å²) in [4.78, 5) is 11.1. The van der Waals surface area contributed by atoms with E-state index in [0.29, 0.717) is 5.92 Å². The van der Waals surface area contributed by atoms with Crippen LogP contribution in [0.4, 0.5) is 5.95 Å². The zero-order chi connectivity index (χ0) is 13.8. The van der Waals surface area contributed by atoms with Gasteiger partial charge in [0.25, 0.3) is 0 Å². The van der Waals surface area contributed by atoms with Gasteiger partial charge >= 0.3 is 0 Å². The summed E-state index contributed by atoms with van der Waals surface area (Å²) in [6.07, 6.45) is 4.23. The van der Waals surface area contributed by atoms with E-state index in [1.165, 1.54) is 12.8 Å². The summed E-state index contributed by atoms with van der Waals surface area (Å²) in [5.41, 5.74) is 0.829. The minimum Gasteiger partial charge on any atom is -0.339 e. The van der Waals surface area contributed by atoms with Crippen molar-refractivity contribution in [3.8, 4) is 11.5 Å². The van der Waals surface area contributed by atoms with Gasteiger partial charge in [-0.05, 0) is 44.5 Å². The number of hydrogen-bond donors (Lipinski definition) is 2. The molecule has 1 atom stereocenters. The summed E-state index contributed by atoms with van der Waals surface area (Å²) in [5, 5.41) is 10.6. The molecule has 0 bridgehead atoms. The minimum absolute atomic E-state index is 0.672. The summed E-state index contributed by atoms with van der Waals surface area (Å²) < 4.78 is 0. The lowest BCUT2D eigenvalue weighted by Crippen LogP contribution is -2.39. The molecule has 1 aliphatic heterocycles. The van der Waals surface area contributed by atoms with Crippen molar-refractivity contribution in [2.75, 3.05) is 31.6 Å². The molecule has 106 valence electrons.